The van der Waals surface area contributed by atoms with E-state index < -0.39 is 24.3 Å². The Bertz CT molecular complexity index is 601. The molecule has 1 N–H and O–H groups in total. The zero-order valence-corrected chi connectivity index (χ0v) is 11.1. The van der Waals surface area contributed by atoms with Gasteiger partial charge in [-0.2, -0.15) is 8.78 Å². The van der Waals surface area contributed by atoms with Crippen molar-refractivity contribution >= 4 is 0 Å². The first-order valence-corrected chi connectivity index (χ1v) is 6.18. The van der Waals surface area contributed by atoms with Crippen molar-refractivity contribution in [1.29, 1.82) is 0 Å². The molecule has 1 atom stereocenters. The molecular weight excluding hydrogens is 286 g/mol. The molecule has 0 aromatic heterocycles. The van der Waals surface area contributed by atoms with Gasteiger partial charge < -0.3 is 10.1 Å². The van der Waals surface area contributed by atoms with Gasteiger partial charge in [0.25, 0.3) is 0 Å². The standard InChI is InChI=1S/C15H13F4NO/c1-20-14(12-8-10(16)4-7-13(12)17)9-2-5-11(6-3-9)21-15(18)19/h2-8,14-15,20H,1H3. The second-order valence-corrected chi connectivity index (χ2v) is 4.34. The van der Waals surface area contributed by atoms with Gasteiger partial charge >= 0.3 is 6.61 Å². The van der Waals surface area contributed by atoms with Crippen LogP contribution in [0.3, 0.4) is 0 Å². The molecule has 0 bridgehead atoms. The Balaban J connectivity index is 2.31. The zero-order valence-electron chi connectivity index (χ0n) is 11.1. The Labute approximate surface area is 119 Å². The monoisotopic (exact) mass is 299 g/mol. The number of ether oxygens (including phenoxy) is 1. The summed E-state index contributed by atoms with van der Waals surface area (Å²) in [7, 11) is 1.60. The van der Waals surface area contributed by atoms with Gasteiger partial charge in [0.05, 0.1) is 6.04 Å². The number of nitrogens with one attached hydrogen (secondary N) is 1. The van der Waals surface area contributed by atoms with Gasteiger partial charge in [-0.05, 0) is 42.9 Å². The van der Waals surface area contributed by atoms with Crippen molar-refractivity contribution in [2.75, 3.05) is 7.05 Å². The summed E-state index contributed by atoms with van der Waals surface area (Å²) in [6.07, 6.45) is 0. The van der Waals surface area contributed by atoms with Crippen molar-refractivity contribution in [3.63, 3.8) is 0 Å². The molecule has 0 heterocycles. The van der Waals surface area contributed by atoms with Crippen LogP contribution in [0, 0.1) is 11.6 Å². The lowest BCUT2D eigenvalue weighted by Crippen LogP contribution is -2.19. The van der Waals surface area contributed by atoms with Crippen LogP contribution in [0.15, 0.2) is 42.5 Å². The Morgan fingerprint density at radius 2 is 1.67 bits per heavy atom. The maximum absolute atomic E-state index is 13.8. The summed E-state index contributed by atoms with van der Waals surface area (Å²) in [4.78, 5) is 0. The van der Waals surface area contributed by atoms with Crippen molar-refractivity contribution in [3.8, 4) is 5.75 Å². The highest BCUT2D eigenvalue weighted by atomic mass is 19.3. The molecule has 0 amide bonds. The molecule has 2 aromatic carbocycles. The maximum Gasteiger partial charge on any atom is 0.387 e. The lowest BCUT2D eigenvalue weighted by molar-refractivity contribution is -0.0498. The highest BCUT2D eigenvalue weighted by molar-refractivity contribution is 5.36. The third-order valence-corrected chi connectivity index (χ3v) is 3.00. The molecule has 0 saturated heterocycles. The summed E-state index contributed by atoms with van der Waals surface area (Å²) in [5.74, 6) is -1.10. The fourth-order valence-electron chi connectivity index (χ4n) is 2.08. The first-order valence-electron chi connectivity index (χ1n) is 6.18. The van der Waals surface area contributed by atoms with Crippen LogP contribution in [-0.4, -0.2) is 13.7 Å². The van der Waals surface area contributed by atoms with Gasteiger partial charge in [-0.25, -0.2) is 8.78 Å². The number of hydrogen-bond donors (Lipinski definition) is 1. The van der Waals surface area contributed by atoms with E-state index in [1.807, 2.05) is 0 Å². The van der Waals surface area contributed by atoms with Crippen LogP contribution in [0.1, 0.15) is 17.2 Å². The van der Waals surface area contributed by atoms with E-state index >= 15 is 0 Å². The number of hydrogen-bond acceptors (Lipinski definition) is 2. The second-order valence-electron chi connectivity index (χ2n) is 4.34. The lowest BCUT2D eigenvalue weighted by Gasteiger charge is -2.18. The minimum absolute atomic E-state index is 0.00307. The predicted octanol–water partition coefficient (Wildman–Crippen LogP) is 3.88. The maximum atomic E-state index is 13.8. The number of benzene rings is 2. The molecule has 21 heavy (non-hydrogen) atoms. The molecule has 0 aliphatic carbocycles. The minimum atomic E-state index is -2.91. The molecule has 6 heteroatoms. The molecular formula is C15H13F4NO. The van der Waals surface area contributed by atoms with Crippen LogP contribution in [0.4, 0.5) is 17.6 Å². The van der Waals surface area contributed by atoms with Crippen LogP contribution >= 0.6 is 0 Å². The molecule has 2 aromatic rings. The smallest absolute Gasteiger partial charge is 0.387 e. The number of halogens is 4. The third-order valence-electron chi connectivity index (χ3n) is 3.00. The summed E-state index contributed by atoms with van der Waals surface area (Å²) in [5.41, 5.74) is 0.739. The molecule has 0 aliphatic heterocycles. The van der Waals surface area contributed by atoms with Gasteiger partial charge in [0, 0.05) is 5.56 Å². The first kappa shape index (κ1) is 15.3. The van der Waals surface area contributed by atoms with E-state index in [0.717, 1.165) is 18.2 Å². The van der Waals surface area contributed by atoms with Crippen LogP contribution in [0.2, 0.25) is 0 Å². The molecule has 112 valence electrons. The van der Waals surface area contributed by atoms with Gasteiger partial charge in [0.15, 0.2) is 0 Å². The largest absolute Gasteiger partial charge is 0.435 e. The Hall–Kier alpha value is -2.08. The van der Waals surface area contributed by atoms with Gasteiger partial charge in [0.1, 0.15) is 17.4 Å². The van der Waals surface area contributed by atoms with E-state index in [0.29, 0.717) is 5.56 Å². The molecule has 2 rings (SSSR count). The van der Waals surface area contributed by atoms with Gasteiger partial charge in [0.2, 0.25) is 0 Å². The van der Waals surface area contributed by atoms with E-state index in [2.05, 4.69) is 10.1 Å². The fraction of sp³-hybridized carbons (Fsp3) is 0.200. The minimum Gasteiger partial charge on any atom is -0.435 e. The zero-order chi connectivity index (χ0) is 15.4. The SMILES string of the molecule is CNC(c1ccc(OC(F)F)cc1)c1cc(F)ccc1F. The topological polar surface area (TPSA) is 21.3 Å². The lowest BCUT2D eigenvalue weighted by atomic mass is 9.98. The Morgan fingerprint density at radius 1 is 1.00 bits per heavy atom. The summed E-state index contributed by atoms with van der Waals surface area (Å²) >= 11 is 0. The van der Waals surface area contributed by atoms with Crippen molar-refractivity contribution in [3.05, 3.63) is 65.2 Å². The molecule has 0 aliphatic rings. The average molecular weight is 299 g/mol. The van der Waals surface area contributed by atoms with Gasteiger partial charge in [-0.15, -0.1) is 0 Å². The normalized spacial score (nSPS) is 12.5. The Morgan fingerprint density at radius 3 is 2.24 bits per heavy atom. The van der Waals surface area contributed by atoms with Crippen molar-refractivity contribution in [2.45, 2.75) is 12.7 Å². The molecule has 0 fully saturated rings. The van der Waals surface area contributed by atoms with E-state index in [1.165, 1.54) is 24.3 Å². The summed E-state index contributed by atoms with van der Waals surface area (Å²) in [6, 6.07) is 8.31. The molecule has 1 unspecified atom stereocenters. The molecule has 0 saturated carbocycles. The Kier molecular flexibility index (Phi) is 4.80. The highest BCUT2D eigenvalue weighted by Gasteiger charge is 2.17. The third kappa shape index (κ3) is 3.72. The van der Waals surface area contributed by atoms with Crippen LogP contribution < -0.4 is 10.1 Å². The summed E-state index contributed by atoms with van der Waals surface area (Å²) in [6.45, 7) is -2.91. The van der Waals surface area contributed by atoms with Crippen molar-refractivity contribution < 1.29 is 22.3 Å². The van der Waals surface area contributed by atoms with E-state index in [1.54, 1.807) is 7.05 Å². The number of alkyl halides is 2. The number of rotatable bonds is 5. The predicted molar refractivity (Wildman–Crippen MR) is 70.3 cm³/mol. The fourth-order valence-corrected chi connectivity index (χ4v) is 2.08. The summed E-state index contributed by atoms with van der Waals surface area (Å²) in [5, 5.41) is 2.87. The second kappa shape index (κ2) is 6.58. The first-order chi connectivity index (χ1) is 10.0. The van der Waals surface area contributed by atoms with Crippen LogP contribution in [-0.2, 0) is 0 Å². The van der Waals surface area contributed by atoms with Crippen LogP contribution in [0.25, 0.3) is 0 Å². The van der Waals surface area contributed by atoms with Crippen LogP contribution in [0.5, 0.6) is 5.75 Å². The van der Waals surface area contributed by atoms with E-state index in [9.17, 15) is 17.6 Å². The van der Waals surface area contributed by atoms with Gasteiger partial charge in [-0.3, -0.25) is 0 Å². The van der Waals surface area contributed by atoms with Crippen molar-refractivity contribution in [1.82, 2.24) is 5.32 Å². The van der Waals surface area contributed by atoms with Crippen molar-refractivity contribution in [2.24, 2.45) is 0 Å². The van der Waals surface area contributed by atoms with E-state index in [-0.39, 0.29) is 11.3 Å². The van der Waals surface area contributed by atoms with Gasteiger partial charge in [-0.1, -0.05) is 12.1 Å². The molecule has 0 radical (unpaired) electrons. The molecule has 0 spiro atoms. The quantitative estimate of drug-likeness (QED) is 0.846. The summed E-state index contributed by atoms with van der Waals surface area (Å²) < 4.78 is 55.5. The van der Waals surface area contributed by atoms with E-state index in [4.69, 9.17) is 0 Å². The average Bonchev–Trinajstić information content (AvgIpc) is 2.44. The molecule has 2 nitrogen and oxygen atoms in total. The highest BCUT2D eigenvalue weighted by Crippen LogP contribution is 2.26.